The van der Waals surface area contributed by atoms with Gasteiger partial charge in [-0.1, -0.05) is 13.8 Å². The number of hydrogen-bond acceptors (Lipinski definition) is 2. The molecule has 10 heavy (non-hydrogen) atoms. The number of aliphatic hydroxyl groups excluding tert-OH is 1. The molecule has 0 aromatic carbocycles. The second-order valence-electron chi connectivity index (χ2n) is 3.88. The van der Waals surface area contributed by atoms with Crippen LogP contribution in [0.15, 0.2) is 0 Å². The van der Waals surface area contributed by atoms with E-state index in [-0.39, 0.29) is 17.8 Å². The van der Waals surface area contributed by atoms with Gasteiger partial charge in [0.2, 0.25) is 0 Å². The number of aliphatic hydroxyl groups is 1. The summed E-state index contributed by atoms with van der Waals surface area (Å²) in [6.07, 6.45) is -0.234. The Morgan fingerprint density at radius 2 is 1.80 bits per heavy atom. The highest BCUT2D eigenvalue weighted by atomic mass is 16.6. The van der Waals surface area contributed by atoms with Gasteiger partial charge in [0.05, 0.1) is 11.7 Å². The van der Waals surface area contributed by atoms with E-state index in [0.717, 1.165) is 0 Å². The summed E-state index contributed by atoms with van der Waals surface area (Å²) in [5.41, 5.74) is -0.0797. The van der Waals surface area contributed by atoms with Crippen molar-refractivity contribution in [1.82, 2.24) is 0 Å². The van der Waals surface area contributed by atoms with Crippen LogP contribution in [0.4, 0.5) is 0 Å². The van der Waals surface area contributed by atoms with Crippen LogP contribution in [0.1, 0.15) is 27.7 Å². The first-order valence-corrected chi connectivity index (χ1v) is 3.81. The third kappa shape index (κ3) is 1.32. The maximum atomic E-state index is 9.48. The lowest BCUT2D eigenvalue weighted by Gasteiger charge is -2.11. The van der Waals surface area contributed by atoms with Crippen LogP contribution in [0.2, 0.25) is 0 Å². The first kappa shape index (κ1) is 8.02. The zero-order chi connectivity index (χ0) is 7.94. The van der Waals surface area contributed by atoms with Crippen molar-refractivity contribution in [3.05, 3.63) is 0 Å². The summed E-state index contributed by atoms with van der Waals surface area (Å²) in [6.45, 7) is 8.01. The van der Waals surface area contributed by atoms with Crippen molar-refractivity contribution in [2.75, 3.05) is 0 Å². The lowest BCUT2D eigenvalue weighted by Crippen LogP contribution is -2.25. The fourth-order valence-corrected chi connectivity index (χ4v) is 1.12. The van der Waals surface area contributed by atoms with E-state index in [1.54, 1.807) is 0 Å². The Morgan fingerprint density at radius 3 is 1.90 bits per heavy atom. The molecular formula is C8H16O2. The molecule has 0 radical (unpaired) electrons. The zero-order valence-corrected chi connectivity index (χ0v) is 7.09. The first-order valence-electron chi connectivity index (χ1n) is 3.81. The standard InChI is InChI=1S/C8H16O2/c1-5(2)6(9)7-8(3,4)10-7/h5-7,9H,1-4H3/t6-,7?/m1/s1. The van der Waals surface area contributed by atoms with Crippen LogP contribution in [-0.2, 0) is 4.74 Å². The maximum Gasteiger partial charge on any atom is 0.113 e. The van der Waals surface area contributed by atoms with Gasteiger partial charge in [0.1, 0.15) is 6.10 Å². The molecule has 0 saturated carbocycles. The van der Waals surface area contributed by atoms with Crippen LogP contribution in [0.25, 0.3) is 0 Å². The number of rotatable bonds is 2. The third-order valence-electron chi connectivity index (χ3n) is 2.05. The number of epoxide rings is 1. The molecule has 1 N–H and O–H groups in total. The van der Waals surface area contributed by atoms with Gasteiger partial charge in [0.25, 0.3) is 0 Å². The van der Waals surface area contributed by atoms with Gasteiger partial charge in [-0.3, -0.25) is 0 Å². The minimum Gasteiger partial charge on any atom is -0.390 e. The predicted octanol–water partition coefficient (Wildman–Crippen LogP) is 1.18. The van der Waals surface area contributed by atoms with E-state index in [1.165, 1.54) is 0 Å². The summed E-state index contributed by atoms with van der Waals surface area (Å²) in [6, 6.07) is 0. The Hall–Kier alpha value is -0.0800. The van der Waals surface area contributed by atoms with Gasteiger partial charge in [-0.25, -0.2) is 0 Å². The van der Waals surface area contributed by atoms with Crippen molar-refractivity contribution < 1.29 is 9.84 Å². The van der Waals surface area contributed by atoms with Gasteiger partial charge < -0.3 is 9.84 Å². The second-order valence-corrected chi connectivity index (χ2v) is 3.88. The molecule has 60 valence electrons. The van der Waals surface area contributed by atoms with Crippen LogP contribution >= 0.6 is 0 Å². The van der Waals surface area contributed by atoms with Gasteiger partial charge in [-0.05, 0) is 19.8 Å². The molecule has 2 atom stereocenters. The van der Waals surface area contributed by atoms with Gasteiger partial charge in [0, 0.05) is 0 Å². The first-order chi connectivity index (χ1) is 4.45. The van der Waals surface area contributed by atoms with Crippen LogP contribution in [0.5, 0.6) is 0 Å². The van der Waals surface area contributed by atoms with Gasteiger partial charge in [-0.2, -0.15) is 0 Å². The lowest BCUT2D eigenvalue weighted by molar-refractivity contribution is 0.0922. The van der Waals surface area contributed by atoms with Crippen LogP contribution in [0, 0.1) is 5.92 Å². The molecule has 2 heteroatoms. The lowest BCUT2D eigenvalue weighted by atomic mass is 9.98. The largest absolute Gasteiger partial charge is 0.390 e. The molecule has 0 aromatic heterocycles. The number of ether oxygens (including phenoxy) is 1. The van der Waals surface area contributed by atoms with E-state index in [4.69, 9.17) is 4.74 Å². The zero-order valence-electron chi connectivity index (χ0n) is 7.09. The second kappa shape index (κ2) is 2.21. The van der Waals surface area contributed by atoms with Crippen LogP contribution in [-0.4, -0.2) is 22.9 Å². The fraction of sp³-hybridized carbons (Fsp3) is 1.00. The number of hydrogen-bond donors (Lipinski definition) is 1. The minimum atomic E-state index is -0.296. The molecule has 1 rings (SSSR count). The molecule has 2 nitrogen and oxygen atoms in total. The Balaban J connectivity index is 2.40. The maximum absolute atomic E-state index is 9.48. The summed E-state index contributed by atoms with van der Waals surface area (Å²) in [5.74, 6) is 0.298. The highest BCUT2D eigenvalue weighted by molar-refractivity contribution is 4.99. The minimum absolute atomic E-state index is 0.0625. The molecule has 1 saturated heterocycles. The molecule has 0 aliphatic carbocycles. The SMILES string of the molecule is CC(C)[C@@H](O)C1OC1(C)C. The average molecular weight is 144 g/mol. The molecule has 0 amide bonds. The highest BCUT2D eigenvalue weighted by Crippen LogP contribution is 2.39. The Bertz CT molecular complexity index is 129. The Labute approximate surface area is 62.2 Å². The molecule has 1 fully saturated rings. The highest BCUT2D eigenvalue weighted by Gasteiger charge is 2.52. The summed E-state index contributed by atoms with van der Waals surface area (Å²) in [7, 11) is 0. The molecule has 0 spiro atoms. The smallest absolute Gasteiger partial charge is 0.113 e. The van der Waals surface area contributed by atoms with Crippen molar-refractivity contribution in [3.63, 3.8) is 0 Å². The molecule has 0 bridgehead atoms. The predicted molar refractivity (Wildman–Crippen MR) is 39.8 cm³/mol. The van der Waals surface area contributed by atoms with E-state index < -0.39 is 0 Å². The summed E-state index contributed by atoms with van der Waals surface area (Å²) in [5, 5.41) is 9.48. The van der Waals surface area contributed by atoms with Gasteiger partial charge >= 0.3 is 0 Å². The molecular weight excluding hydrogens is 128 g/mol. The quantitative estimate of drug-likeness (QED) is 0.590. The summed E-state index contributed by atoms with van der Waals surface area (Å²) < 4.78 is 5.28. The van der Waals surface area contributed by atoms with Crippen LogP contribution in [0.3, 0.4) is 0 Å². The van der Waals surface area contributed by atoms with Gasteiger partial charge in [0.15, 0.2) is 0 Å². The van der Waals surface area contributed by atoms with Crippen molar-refractivity contribution >= 4 is 0 Å². The van der Waals surface area contributed by atoms with Crippen LogP contribution < -0.4 is 0 Å². The summed E-state index contributed by atoms with van der Waals surface area (Å²) >= 11 is 0. The fourth-order valence-electron chi connectivity index (χ4n) is 1.12. The van der Waals surface area contributed by atoms with Crippen molar-refractivity contribution in [3.8, 4) is 0 Å². The Morgan fingerprint density at radius 1 is 1.40 bits per heavy atom. The van der Waals surface area contributed by atoms with E-state index in [9.17, 15) is 5.11 Å². The normalized spacial score (nSPS) is 32.4. The van der Waals surface area contributed by atoms with Crippen molar-refractivity contribution in [2.24, 2.45) is 5.92 Å². The topological polar surface area (TPSA) is 32.8 Å². The van der Waals surface area contributed by atoms with Crippen molar-refractivity contribution in [1.29, 1.82) is 0 Å². The molecule has 0 aromatic rings. The molecule has 1 aliphatic rings. The van der Waals surface area contributed by atoms with Crippen molar-refractivity contribution in [2.45, 2.75) is 45.5 Å². The van der Waals surface area contributed by atoms with Gasteiger partial charge in [-0.15, -0.1) is 0 Å². The summed E-state index contributed by atoms with van der Waals surface area (Å²) in [4.78, 5) is 0. The molecule has 1 unspecified atom stereocenters. The van der Waals surface area contributed by atoms with E-state index in [2.05, 4.69) is 0 Å². The third-order valence-corrected chi connectivity index (χ3v) is 2.05. The monoisotopic (exact) mass is 144 g/mol. The molecule has 1 aliphatic heterocycles. The average Bonchev–Trinajstić information content (AvgIpc) is 2.38. The Kier molecular flexibility index (Phi) is 1.77. The van der Waals surface area contributed by atoms with E-state index in [1.807, 2.05) is 27.7 Å². The van der Waals surface area contributed by atoms with E-state index >= 15 is 0 Å². The molecule has 1 heterocycles. The van der Waals surface area contributed by atoms with E-state index in [0.29, 0.717) is 5.92 Å².